The zero-order valence-electron chi connectivity index (χ0n) is 26.6. The number of benzene rings is 2. The summed E-state index contributed by atoms with van der Waals surface area (Å²) in [6.07, 6.45) is 3.29. The number of aromatic nitrogens is 4. The first-order valence-corrected chi connectivity index (χ1v) is 16.3. The van der Waals surface area contributed by atoms with Gasteiger partial charge in [-0.3, -0.25) is 9.89 Å². The van der Waals surface area contributed by atoms with E-state index in [4.69, 9.17) is 26.1 Å². The van der Waals surface area contributed by atoms with Crippen LogP contribution in [0.25, 0.3) is 32.9 Å². The standard InChI is InChI=1S/C34H39ClFN7O3/c1-6-26(44)42-14-20(4)43(15-19(42)3)33-23-13-24(35)28(27-18(2)7-10-25-29(27)31(40-39-25)21-8-9-21)30(36)32(23)37-34(38-33)46-17-22-16-41(5)11-12-45-22/h6-7,10,13,19-22H,1,8-9,11-12,14-17H2,2-5H3,(H,39,40)/t19-,20+,22-/m1/s1. The molecule has 0 bridgehead atoms. The molecule has 4 heterocycles. The Morgan fingerprint density at radius 3 is 2.74 bits per heavy atom. The number of nitrogens with zero attached hydrogens (tertiary/aromatic N) is 6. The van der Waals surface area contributed by atoms with Gasteiger partial charge < -0.3 is 24.2 Å². The van der Waals surface area contributed by atoms with E-state index in [-0.39, 0.29) is 52.8 Å². The molecule has 1 amide bonds. The van der Waals surface area contributed by atoms with Crippen LogP contribution in [0, 0.1) is 12.7 Å². The van der Waals surface area contributed by atoms with Gasteiger partial charge in [-0.15, -0.1) is 0 Å². The van der Waals surface area contributed by atoms with Crippen molar-refractivity contribution in [3.05, 3.63) is 53.0 Å². The lowest BCUT2D eigenvalue weighted by Gasteiger charge is -2.44. The monoisotopic (exact) mass is 647 g/mol. The molecule has 46 heavy (non-hydrogen) atoms. The van der Waals surface area contributed by atoms with Gasteiger partial charge in [0.05, 0.1) is 22.8 Å². The summed E-state index contributed by atoms with van der Waals surface area (Å²) in [6.45, 7) is 12.9. The highest BCUT2D eigenvalue weighted by molar-refractivity contribution is 6.35. The molecule has 4 aromatic rings. The van der Waals surface area contributed by atoms with E-state index in [1.165, 1.54) is 6.08 Å². The molecule has 12 heteroatoms. The molecule has 0 radical (unpaired) electrons. The molecule has 7 rings (SSSR count). The normalized spacial score (nSPS) is 22.5. The van der Waals surface area contributed by atoms with Crippen molar-refractivity contribution < 1.29 is 18.7 Å². The first-order valence-electron chi connectivity index (χ1n) is 15.9. The fourth-order valence-electron chi connectivity index (χ4n) is 6.87. The van der Waals surface area contributed by atoms with Gasteiger partial charge in [0, 0.05) is 66.1 Å². The van der Waals surface area contributed by atoms with E-state index < -0.39 is 5.82 Å². The van der Waals surface area contributed by atoms with E-state index in [9.17, 15) is 4.79 Å². The van der Waals surface area contributed by atoms with Crippen LogP contribution in [0.5, 0.6) is 6.01 Å². The molecule has 0 spiro atoms. The minimum atomic E-state index is -0.538. The number of carbonyl (C=O) groups is 1. The maximum atomic E-state index is 17.2. The zero-order valence-corrected chi connectivity index (χ0v) is 27.4. The maximum Gasteiger partial charge on any atom is 0.319 e. The molecular weight excluding hydrogens is 609 g/mol. The van der Waals surface area contributed by atoms with Crippen LogP contribution in [0.4, 0.5) is 10.2 Å². The number of nitrogens with one attached hydrogen (secondary N) is 1. The molecule has 1 saturated carbocycles. The van der Waals surface area contributed by atoms with Crippen LogP contribution in [-0.2, 0) is 9.53 Å². The molecule has 2 aromatic heterocycles. The number of halogens is 2. The van der Waals surface area contributed by atoms with E-state index >= 15 is 4.39 Å². The molecule has 2 aliphatic heterocycles. The number of anilines is 1. The zero-order chi connectivity index (χ0) is 32.3. The van der Waals surface area contributed by atoms with Gasteiger partial charge in [0.1, 0.15) is 24.0 Å². The second-order valence-electron chi connectivity index (χ2n) is 12.9. The van der Waals surface area contributed by atoms with E-state index in [2.05, 4.69) is 31.6 Å². The SMILES string of the molecule is C=CC(=O)N1C[C@H](C)N(c2nc(OC[C@H]3CN(C)CCO3)nc3c(F)c(-c4c(C)ccc5[nH]nc(C6CC6)c45)c(Cl)cc23)C[C@H]1C. The second-order valence-corrected chi connectivity index (χ2v) is 13.4. The van der Waals surface area contributed by atoms with Crippen molar-refractivity contribution in [1.82, 2.24) is 30.0 Å². The van der Waals surface area contributed by atoms with Gasteiger partial charge in [-0.2, -0.15) is 15.1 Å². The van der Waals surface area contributed by atoms with Gasteiger partial charge in [0.2, 0.25) is 5.91 Å². The van der Waals surface area contributed by atoms with Crippen molar-refractivity contribution in [3.8, 4) is 17.1 Å². The number of morpholine rings is 1. The number of hydrogen-bond donors (Lipinski definition) is 1. The van der Waals surface area contributed by atoms with Crippen molar-refractivity contribution in [3.63, 3.8) is 0 Å². The van der Waals surface area contributed by atoms with Crippen LogP contribution < -0.4 is 9.64 Å². The number of amides is 1. The molecule has 3 atom stereocenters. The highest BCUT2D eigenvalue weighted by Crippen LogP contribution is 2.48. The Morgan fingerprint density at radius 2 is 2.00 bits per heavy atom. The Kier molecular flexibility index (Phi) is 8.11. The smallest absolute Gasteiger partial charge is 0.319 e. The number of aromatic amines is 1. The number of piperazine rings is 1. The Balaban J connectivity index is 1.37. The molecule has 2 aromatic carbocycles. The lowest BCUT2D eigenvalue weighted by molar-refractivity contribution is -0.128. The third kappa shape index (κ3) is 5.48. The van der Waals surface area contributed by atoms with Crippen LogP contribution in [0.15, 0.2) is 30.9 Å². The number of carbonyl (C=O) groups excluding carboxylic acids is 1. The number of likely N-dealkylation sites (N-methyl/N-ethyl adjacent to an activating group) is 1. The van der Waals surface area contributed by atoms with Gasteiger partial charge in [0.25, 0.3) is 0 Å². The minimum absolute atomic E-state index is 0.0628. The number of hydrogen-bond acceptors (Lipinski definition) is 8. The Hall–Kier alpha value is -3.80. The van der Waals surface area contributed by atoms with Crippen molar-refractivity contribution in [2.24, 2.45) is 0 Å². The van der Waals surface area contributed by atoms with E-state index in [1.807, 2.05) is 40.0 Å². The predicted octanol–water partition coefficient (Wildman–Crippen LogP) is 5.47. The van der Waals surface area contributed by atoms with Gasteiger partial charge in [0.15, 0.2) is 5.82 Å². The fraction of sp³-hybridized carbons (Fsp3) is 0.471. The van der Waals surface area contributed by atoms with Gasteiger partial charge in [-0.1, -0.05) is 24.2 Å². The van der Waals surface area contributed by atoms with Crippen LogP contribution in [0.1, 0.15) is 43.9 Å². The van der Waals surface area contributed by atoms with Crippen molar-refractivity contribution >= 4 is 45.1 Å². The molecule has 242 valence electrons. The summed E-state index contributed by atoms with van der Waals surface area (Å²) in [5, 5.41) is 9.41. The first kappa shape index (κ1) is 30.8. The molecular formula is C34H39ClFN7O3. The first-order chi connectivity index (χ1) is 22.1. The molecule has 2 saturated heterocycles. The predicted molar refractivity (Wildman–Crippen MR) is 177 cm³/mol. The van der Waals surface area contributed by atoms with Crippen molar-refractivity contribution in [2.75, 3.05) is 51.3 Å². The van der Waals surface area contributed by atoms with Crippen LogP contribution >= 0.6 is 11.6 Å². The summed E-state index contributed by atoms with van der Waals surface area (Å²) < 4.78 is 29.2. The third-order valence-corrected chi connectivity index (χ3v) is 9.78. The molecule has 1 aliphatic carbocycles. The van der Waals surface area contributed by atoms with Crippen LogP contribution in [0.2, 0.25) is 5.02 Å². The highest BCUT2D eigenvalue weighted by atomic mass is 35.5. The summed E-state index contributed by atoms with van der Waals surface area (Å²) in [4.78, 5) is 28.2. The average molecular weight is 648 g/mol. The molecule has 3 fully saturated rings. The lowest BCUT2D eigenvalue weighted by Crippen LogP contribution is -2.58. The maximum absolute atomic E-state index is 17.2. The van der Waals surface area contributed by atoms with E-state index in [0.717, 1.165) is 47.1 Å². The molecule has 0 unspecified atom stereocenters. The van der Waals surface area contributed by atoms with Crippen LogP contribution in [-0.4, -0.2) is 101 Å². The number of aryl methyl sites for hydroxylation is 1. The largest absolute Gasteiger partial charge is 0.461 e. The Labute approximate surface area is 272 Å². The number of fused-ring (bicyclic) bond motifs is 2. The van der Waals surface area contributed by atoms with E-state index in [0.29, 0.717) is 43.4 Å². The van der Waals surface area contributed by atoms with E-state index in [1.54, 1.807) is 11.0 Å². The Bertz CT molecular complexity index is 1840. The summed E-state index contributed by atoms with van der Waals surface area (Å²) in [5.41, 5.74) is 3.82. The molecule has 3 aliphatic rings. The number of rotatable bonds is 7. The number of ether oxygens (including phenoxy) is 2. The summed E-state index contributed by atoms with van der Waals surface area (Å²) in [7, 11) is 2.04. The average Bonchev–Trinajstić information content (AvgIpc) is 3.80. The molecule has 1 N–H and O–H groups in total. The quantitative estimate of drug-likeness (QED) is 0.264. The summed E-state index contributed by atoms with van der Waals surface area (Å²) >= 11 is 7.04. The minimum Gasteiger partial charge on any atom is -0.461 e. The van der Waals surface area contributed by atoms with Gasteiger partial charge in [-0.25, -0.2) is 4.39 Å². The van der Waals surface area contributed by atoms with Crippen LogP contribution in [0.3, 0.4) is 0 Å². The highest BCUT2D eigenvalue weighted by Gasteiger charge is 2.35. The summed E-state index contributed by atoms with van der Waals surface area (Å²) in [6, 6.07) is 5.50. The lowest BCUT2D eigenvalue weighted by atomic mass is 9.93. The fourth-order valence-corrected chi connectivity index (χ4v) is 7.16. The van der Waals surface area contributed by atoms with Crippen molar-refractivity contribution in [1.29, 1.82) is 0 Å². The third-order valence-electron chi connectivity index (χ3n) is 9.48. The topological polar surface area (TPSA) is 99.7 Å². The number of H-pyrrole nitrogens is 1. The second kappa shape index (κ2) is 12.1. The van der Waals surface area contributed by atoms with Gasteiger partial charge >= 0.3 is 6.01 Å². The molecule has 10 nitrogen and oxygen atoms in total. The van der Waals surface area contributed by atoms with Crippen molar-refractivity contribution in [2.45, 2.75) is 57.7 Å². The Morgan fingerprint density at radius 1 is 1.20 bits per heavy atom. The summed E-state index contributed by atoms with van der Waals surface area (Å²) in [5.74, 6) is 0.197. The van der Waals surface area contributed by atoms with Gasteiger partial charge in [-0.05, 0) is 64.4 Å².